The van der Waals surface area contributed by atoms with Gasteiger partial charge in [-0.2, -0.15) is 0 Å². The molecule has 0 aromatic carbocycles. The van der Waals surface area contributed by atoms with Crippen molar-refractivity contribution in [2.45, 2.75) is 19.3 Å². The van der Waals surface area contributed by atoms with Crippen LogP contribution < -0.4 is 0 Å². The molecule has 0 saturated carbocycles. The number of carbonyl (C=O) groups excluding carboxylic acids is 1. The standard InChI is InChI=1S/C9H13NO2S/c1-12-4-2-3-8(11)5-9-6-10-7-13-9/h6-7H,2-5H2,1H3. The first kappa shape index (κ1) is 10.3. The average Bonchev–Trinajstić information content (AvgIpc) is 2.57. The van der Waals surface area contributed by atoms with Gasteiger partial charge in [-0.3, -0.25) is 9.78 Å². The molecule has 1 aromatic heterocycles. The molecule has 72 valence electrons. The van der Waals surface area contributed by atoms with Crippen molar-refractivity contribution in [1.29, 1.82) is 0 Å². The monoisotopic (exact) mass is 199 g/mol. The highest BCUT2D eigenvalue weighted by Gasteiger charge is 2.04. The molecule has 0 saturated heterocycles. The predicted molar refractivity (Wildman–Crippen MR) is 51.9 cm³/mol. The van der Waals surface area contributed by atoms with Gasteiger partial charge in [0.15, 0.2) is 0 Å². The van der Waals surface area contributed by atoms with Gasteiger partial charge in [-0.05, 0) is 6.42 Å². The highest BCUT2D eigenvalue weighted by Crippen LogP contribution is 2.08. The van der Waals surface area contributed by atoms with Gasteiger partial charge in [0.2, 0.25) is 0 Å². The van der Waals surface area contributed by atoms with Crippen LogP contribution in [0.5, 0.6) is 0 Å². The zero-order valence-corrected chi connectivity index (χ0v) is 8.47. The molecular weight excluding hydrogens is 186 g/mol. The van der Waals surface area contributed by atoms with Crippen molar-refractivity contribution in [3.63, 3.8) is 0 Å². The summed E-state index contributed by atoms with van der Waals surface area (Å²) in [5.41, 5.74) is 1.75. The van der Waals surface area contributed by atoms with Crippen molar-refractivity contribution in [2.24, 2.45) is 0 Å². The minimum absolute atomic E-state index is 0.265. The van der Waals surface area contributed by atoms with E-state index in [4.69, 9.17) is 4.74 Å². The highest BCUT2D eigenvalue weighted by atomic mass is 32.1. The van der Waals surface area contributed by atoms with Crippen LogP contribution in [-0.2, 0) is 16.0 Å². The minimum Gasteiger partial charge on any atom is -0.385 e. The summed E-state index contributed by atoms with van der Waals surface area (Å²) in [6.07, 6.45) is 3.69. The third-order valence-electron chi connectivity index (χ3n) is 1.66. The highest BCUT2D eigenvalue weighted by molar-refractivity contribution is 7.09. The van der Waals surface area contributed by atoms with Gasteiger partial charge in [-0.1, -0.05) is 0 Å². The maximum atomic E-state index is 11.3. The third kappa shape index (κ3) is 4.15. The number of ether oxygens (including phenoxy) is 1. The Morgan fingerprint density at radius 3 is 3.15 bits per heavy atom. The second-order valence-corrected chi connectivity index (χ2v) is 3.75. The number of nitrogens with zero attached hydrogens (tertiary/aromatic N) is 1. The molecule has 0 fully saturated rings. The first-order valence-corrected chi connectivity index (χ1v) is 5.09. The van der Waals surface area contributed by atoms with Crippen molar-refractivity contribution in [2.75, 3.05) is 13.7 Å². The smallest absolute Gasteiger partial charge is 0.138 e. The fourth-order valence-corrected chi connectivity index (χ4v) is 1.65. The molecule has 1 aromatic rings. The summed E-state index contributed by atoms with van der Waals surface area (Å²) in [6.45, 7) is 0.661. The second kappa shape index (κ2) is 5.83. The lowest BCUT2D eigenvalue weighted by atomic mass is 10.1. The van der Waals surface area contributed by atoms with Crippen molar-refractivity contribution in [3.05, 3.63) is 16.6 Å². The predicted octanol–water partition coefficient (Wildman–Crippen LogP) is 1.68. The van der Waals surface area contributed by atoms with Crippen LogP contribution in [0.1, 0.15) is 17.7 Å². The fourth-order valence-electron chi connectivity index (χ4n) is 1.03. The number of rotatable bonds is 6. The van der Waals surface area contributed by atoms with E-state index in [9.17, 15) is 4.79 Å². The molecule has 0 radical (unpaired) electrons. The lowest BCUT2D eigenvalue weighted by molar-refractivity contribution is -0.118. The van der Waals surface area contributed by atoms with E-state index in [1.807, 2.05) is 0 Å². The van der Waals surface area contributed by atoms with Gasteiger partial charge >= 0.3 is 0 Å². The van der Waals surface area contributed by atoms with Gasteiger partial charge in [0, 0.05) is 37.6 Å². The van der Waals surface area contributed by atoms with Crippen LogP contribution in [0, 0.1) is 0 Å². The minimum atomic E-state index is 0.265. The van der Waals surface area contributed by atoms with Crippen molar-refractivity contribution in [3.8, 4) is 0 Å². The molecule has 0 N–H and O–H groups in total. The van der Waals surface area contributed by atoms with E-state index in [2.05, 4.69) is 4.98 Å². The molecule has 0 aliphatic carbocycles. The molecule has 0 aliphatic heterocycles. The zero-order chi connectivity index (χ0) is 9.52. The van der Waals surface area contributed by atoms with Crippen LogP contribution in [0.15, 0.2) is 11.7 Å². The normalized spacial score (nSPS) is 10.2. The number of ketones is 1. The van der Waals surface area contributed by atoms with E-state index in [0.717, 1.165) is 11.3 Å². The van der Waals surface area contributed by atoms with E-state index < -0.39 is 0 Å². The number of Topliss-reactive ketones (excluding diaryl/α,β-unsaturated/α-hetero) is 1. The number of aromatic nitrogens is 1. The fraction of sp³-hybridized carbons (Fsp3) is 0.556. The Bertz CT molecular complexity index is 246. The van der Waals surface area contributed by atoms with E-state index in [1.165, 1.54) is 11.3 Å². The Morgan fingerprint density at radius 2 is 2.54 bits per heavy atom. The molecule has 13 heavy (non-hydrogen) atoms. The summed E-state index contributed by atoms with van der Waals surface area (Å²) in [5, 5.41) is 0. The summed E-state index contributed by atoms with van der Waals surface area (Å²) in [4.78, 5) is 16.3. The van der Waals surface area contributed by atoms with Crippen molar-refractivity contribution in [1.82, 2.24) is 4.98 Å². The zero-order valence-electron chi connectivity index (χ0n) is 7.66. The van der Waals surface area contributed by atoms with E-state index in [-0.39, 0.29) is 5.78 Å². The molecule has 0 bridgehead atoms. The summed E-state index contributed by atoms with van der Waals surface area (Å²) in [7, 11) is 1.65. The molecule has 0 aliphatic rings. The van der Waals surface area contributed by atoms with Crippen LogP contribution in [-0.4, -0.2) is 24.5 Å². The summed E-state index contributed by atoms with van der Waals surface area (Å²) in [6, 6.07) is 0. The molecule has 0 unspecified atom stereocenters. The molecule has 0 amide bonds. The van der Waals surface area contributed by atoms with Gasteiger partial charge in [0.05, 0.1) is 5.51 Å². The van der Waals surface area contributed by atoms with E-state index in [0.29, 0.717) is 19.4 Å². The van der Waals surface area contributed by atoms with Crippen LogP contribution in [0.4, 0.5) is 0 Å². The van der Waals surface area contributed by atoms with Gasteiger partial charge < -0.3 is 4.74 Å². The maximum Gasteiger partial charge on any atom is 0.138 e. The van der Waals surface area contributed by atoms with E-state index in [1.54, 1.807) is 18.8 Å². The van der Waals surface area contributed by atoms with Gasteiger partial charge in [-0.25, -0.2) is 0 Å². The lowest BCUT2D eigenvalue weighted by Gasteiger charge is -1.97. The Labute approximate surface area is 81.8 Å². The summed E-state index contributed by atoms with van der Waals surface area (Å²) < 4.78 is 4.87. The molecule has 0 atom stereocenters. The lowest BCUT2D eigenvalue weighted by Crippen LogP contribution is -2.02. The topological polar surface area (TPSA) is 39.2 Å². The molecule has 1 heterocycles. The van der Waals surface area contributed by atoms with Crippen molar-refractivity contribution >= 4 is 17.1 Å². The van der Waals surface area contributed by atoms with E-state index >= 15 is 0 Å². The van der Waals surface area contributed by atoms with Gasteiger partial charge in [0.1, 0.15) is 5.78 Å². The Kier molecular flexibility index (Phi) is 4.64. The summed E-state index contributed by atoms with van der Waals surface area (Å²) in [5.74, 6) is 0.265. The number of hydrogen-bond acceptors (Lipinski definition) is 4. The van der Waals surface area contributed by atoms with Crippen LogP contribution in [0.2, 0.25) is 0 Å². The SMILES string of the molecule is COCCCC(=O)Cc1cncs1. The van der Waals surface area contributed by atoms with Gasteiger partial charge in [-0.15, -0.1) is 11.3 Å². The Morgan fingerprint density at radius 1 is 1.69 bits per heavy atom. The Hall–Kier alpha value is -0.740. The molecule has 0 spiro atoms. The first-order chi connectivity index (χ1) is 6.33. The van der Waals surface area contributed by atoms with Crippen LogP contribution >= 0.6 is 11.3 Å². The number of methoxy groups -OCH3 is 1. The van der Waals surface area contributed by atoms with Gasteiger partial charge in [0.25, 0.3) is 0 Å². The number of hydrogen-bond donors (Lipinski definition) is 0. The van der Waals surface area contributed by atoms with Crippen molar-refractivity contribution < 1.29 is 9.53 Å². The average molecular weight is 199 g/mol. The number of carbonyl (C=O) groups is 1. The van der Waals surface area contributed by atoms with Crippen LogP contribution in [0.25, 0.3) is 0 Å². The molecule has 4 heteroatoms. The third-order valence-corrected chi connectivity index (χ3v) is 2.44. The quantitative estimate of drug-likeness (QED) is 0.654. The molecule has 1 rings (SSSR count). The number of thiazole rings is 1. The first-order valence-electron chi connectivity index (χ1n) is 4.21. The largest absolute Gasteiger partial charge is 0.385 e. The second-order valence-electron chi connectivity index (χ2n) is 2.78. The molecule has 3 nitrogen and oxygen atoms in total. The Balaban J connectivity index is 2.18. The summed E-state index contributed by atoms with van der Waals surface area (Å²) >= 11 is 1.53. The molecular formula is C9H13NO2S. The maximum absolute atomic E-state index is 11.3. The van der Waals surface area contributed by atoms with Crippen LogP contribution in [0.3, 0.4) is 0 Å².